The Hall–Kier alpha value is -0.870. The summed E-state index contributed by atoms with van der Waals surface area (Å²) >= 11 is 3.18. The summed E-state index contributed by atoms with van der Waals surface area (Å²) in [7, 11) is 0. The average molecular weight is 259 g/mol. The van der Waals surface area contributed by atoms with E-state index in [1.807, 2.05) is 0 Å². The Kier molecular flexibility index (Phi) is 4.10. The van der Waals surface area contributed by atoms with Crippen LogP contribution in [0, 0.1) is 0 Å². The Morgan fingerprint density at radius 2 is 2.14 bits per heavy atom. The third-order valence-electron chi connectivity index (χ3n) is 1.89. The lowest BCUT2D eigenvalue weighted by Gasteiger charge is -2.03. The van der Waals surface area contributed by atoms with Crippen molar-refractivity contribution in [3.05, 3.63) is 29.3 Å². The zero-order chi connectivity index (χ0) is 10.6. The van der Waals surface area contributed by atoms with E-state index >= 15 is 0 Å². The third-order valence-corrected chi connectivity index (χ3v) is 2.29. The van der Waals surface area contributed by atoms with E-state index in [0.29, 0.717) is 22.9 Å². The average Bonchev–Trinajstić information content (AvgIpc) is 2.19. The molecule has 0 amide bonds. The summed E-state index contributed by atoms with van der Waals surface area (Å²) in [4.78, 5) is 11.4. The number of rotatable bonds is 4. The van der Waals surface area contributed by atoms with Crippen LogP contribution in [0.3, 0.4) is 0 Å². The number of phenols is 1. The first-order valence-electron chi connectivity index (χ1n) is 4.21. The summed E-state index contributed by atoms with van der Waals surface area (Å²) < 4.78 is 0. The van der Waals surface area contributed by atoms with E-state index in [-0.39, 0.29) is 18.1 Å². The lowest BCUT2D eigenvalue weighted by Crippen LogP contribution is -2.00. The zero-order valence-electron chi connectivity index (χ0n) is 7.53. The van der Waals surface area contributed by atoms with Gasteiger partial charge in [-0.1, -0.05) is 15.9 Å². The molecule has 0 saturated carbocycles. The number of halogens is 1. The van der Waals surface area contributed by atoms with E-state index in [2.05, 4.69) is 15.9 Å². The van der Waals surface area contributed by atoms with Crippen LogP contribution in [0.5, 0.6) is 5.75 Å². The first-order valence-corrected chi connectivity index (χ1v) is 5.33. The van der Waals surface area contributed by atoms with Crippen molar-refractivity contribution in [3.63, 3.8) is 0 Å². The smallest absolute Gasteiger partial charge is 0.163 e. The molecular formula is C10H11BrO3. The van der Waals surface area contributed by atoms with Gasteiger partial charge >= 0.3 is 0 Å². The molecule has 0 unspecified atom stereocenters. The lowest BCUT2D eigenvalue weighted by atomic mass is 10.1. The van der Waals surface area contributed by atoms with Gasteiger partial charge < -0.3 is 10.2 Å². The molecule has 0 aromatic heterocycles. The van der Waals surface area contributed by atoms with Crippen molar-refractivity contribution >= 4 is 21.7 Å². The summed E-state index contributed by atoms with van der Waals surface area (Å²) in [5.74, 6) is 0.0134. The molecule has 1 aromatic rings. The van der Waals surface area contributed by atoms with Crippen LogP contribution in [-0.2, 0) is 6.61 Å². The van der Waals surface area contributed by atoms with Crippen LogP contribution in [0.1, 0.15) is 22.3 Å². The number of hydrogen-bond acceptors (Lipinski definition) is 3. The lowest BCUT2D eigenvalue weighted by molar-refractivity contribution is 0.0989. The van der Waals surface area contributed by atoms with E-state index in [4.69, 9.17) is 5.11 Å². The predicted molar refractivity (Wildman–Crippen MR) is 56.8 cm³/mol. The highest BCUT2D eigenvalue weighted by molar-refractivity contribution is 9.09. The number of alkyl halides is 1. The van der Waals surface area contributed by atoms with E-state index in [9.17, 15) is 9.90 Å². The van der Waals surface area contributed by atoms with Gasteiger partial charge in [0.15, 0.2) is 5.78 Å². The Balaban J connectivity index is 2.94. The SMILES string of the molecule is O=C(CCBr)c1ccc(O)c(CO)c1. The summed E-state index contributed by atoms with van der Waals surface area (Å²) in [6, 6.07) is 4.49. The van der Waals surface area contributed by atoms with Crippen LogP contribution in [0.25, 0.3) is 0 Å². The molecule has 4 heteroatoms. The molecule has 76 valence electrons. The van der Waals surface area contributed by atoms with Crippen LogP contribution in [0.15, 0.2) is 18.2 Å². The number of hydrogen-bond donors (Lipinski definition) is 2. The first kappa shape index (κ1) is 11.2. The Labute approximate surface area is 90.5 Å². The van der Waals surface area contributed by atoms with E-state index in [1.165, 1.54) is 12.1 Å². The molecule has 0 aliphatic rings. The fourth-order valence-corrected chi connectivity index (χ4v) is 1.48. The fraction of sp³-hybridized carbons (Fsp3) is 0.300. The van der Waals surface area contributed by atoms with Crippen molar-refractivity contribution in [3.8, 4) is 5.75 Å². The second-order valence-corrected chi connectivity index (χ2v) is 3.66. The minimum atomic E-state index is -0.263. The van der Waals surface area contributed by atoms with E-state index in [0.717, 1.165) is 0 Å². The van der Waals surface area contributed by atoms with Gasteiger partial charge in [-0.25, -0.2) is 0 Å². The van der Waals surface area contributed by atoms with Crippen molar-refractivity contribution in [1.29, 1.82) is 0 Å². The maximum Gasteiger partial charge on any atom is 0.163 e. The van der Waals surface area contributed by atoms with Gasteiger partial charge in [0.05, 0.1) is 6.61 Å². The first-order chi connectivity index (χ1) is 6.69. The van der Waals surface area contributed by atoms with Crippen LogP contribution in [0.2, 0.25) is 0 Å². The molecule has 0 bridgehead atoms. The Morgan fingerprint density at radius 1 is 1.43 bits per heavy atom. The van der Waals surface area contributed by atoms with Gasteiger partial charge in [-0.3, -0.25) is 4.79 Å². The molecule has 0 aliphatic carbocycles. The second-order valence-electron chi connectivity index (χ2n) is 2.86. The number of aliphatic hydroxyl groups is 1. The Bertz CT molecular complexity index is 336. The second kappa shape index (κ2) is 5.12. The number of ketones is 1. The highest BCUT2D eigenvalue weighted by atomic mass is 79.9. The number of Topliss-reactive ketones (excluding diaryl/α,β-unsaturated/α-hetero) is 1. The minimum Gasteiger partial charge on any atom is -0.508 e. The van der Waals surface area contributed by atoms with Gasteiger partial charge in [-0.15, -0.1) is 0 Å². The molecule has 0 saturated heterocycles. The molecule has 1 aromatic carbocycles. The number of aliphatic hydroxyl groups excluding tert-OH is 1. The molecule has 2 N–H and O–H groups in total. The molecule has 1 rings (SSSR count). The zero-order valence-corrected chi connectivity index (χ0v) is 9.12. The largest absolute Gasteiger partial charge is 0.508 e. The molecule has 3 nitrogen and oxygen atoms in total. The van der Waals surface area contributed by atoms with Crippen LogP contribution >= 0.6 is 15.9 Å². The van der Waals surface area contributed by atoms with Crippen LogP contribution in [-0.4, -0.2) is 21.3 Å². The molecule has 0 radical (unpaired) electrons. The van der Waals surface area contributed by atoms with Gasteiger partial charge in [0, 0.05) is 22.9 Å². The van der Waals surface area contributed by atoms with Gasteiger partial charge in [-0.05, 0) is 18.2 Å². The quantitative estimate of drug-likeness (QED) is 0.640. The monoisotopic (exact) mass is 258 g/mol. The Morgan fingerprint density at radius 3 is 2.71 bits per heavy atom. The van der Waals surface area contributed by atoms with Gasteiger partial charge in [0.1, 0.15) is 5.75 Å². The van der Waals surface area contributed by atoms with Gasteiger partial charge in [0.2, 0.25) is 0 Å². The standard InChI is InChI=1S/C10H11BrO3/c11-4-3-10(14)7-1-2-9(13)8(5-7)6-12/h1-2,5,12-13H,3-4,6H2. The maximum absolute atomic E-state index is 11.4. The van der Waals surface area contributed by atoms with E-state index in [1.54, 1.807) is 6.07 Å². The molecule has 0 fully saturated rings. The number of benzene rings is 1. The summed E-state index contributed by atoms with van der Waals surface area (Å²) in [5.41, 5.74) is 0.900. The summed E-state index contributed by atoms with van der Waals surface area (Å²) in [5, 5.41) is 18.8. The van der Waals surface area contributed by atoms with Gasteiger partial charge in [0.25, 0.3) is 0 Å². The van der Waals surface area contributed by atoms with E-state index < -0.39 is 0 Å². The van der Waals surface area contributed by atoms with Crippen molar-refractivity contribution in [2.24, 2.45) is 0 Å². The third kappa shape index (κ3) is 2.56. The van der Waals surface area contributed by atoms with Gasteiger partial charge in [-0.2, -0.15) is 0 Å². The summed E-state index contributed by atoms with van der Waals surface area (Å²) in [6.45, 7) is -0.263. The predicted octanol–water partition coefficient (Wildman–Crippen LogP) is 1.85. The van der Waals surface area contributed by atoms with Crippen LogP contribution < -0.4 is 0 Å². The van der Waals surface area contributed by atoms with Crippen molar-refractivity contribution in [2.45, 2.75) is 13.0 Å². The summed E-state index contributed by atoms with van der Waals surface area (Å²) in [6.07, 6.45) is 0.412. The highest BCUT2D eigenvalue weighted by Gasteiger charge is 2.07. The highest BCUT2D eigenvalue weighted by Crippen LogP contribution is 2.19. The molecule has 0 atom stereocenters. The van der Waals surface area contributed by atoms with Crippen molar-refractivity contribution in [2.75, 3.05) is 5.33 Å². The van der Waals surface area contributed by atoms with Crippen molar-refractivity contribution < 1.29 is 15.0 Å². The molecule has 0 spiro atoms. The number of carbonyl (C=O) groups is 1. The minimum absolute atomic E-state index is 0.00317. The van der Waals surface area contributed by atoms with Crippen LogP contribution in [0.4, 0.5) is 0 Å². The fourth-order valence-electron chi connectivity index (χ4n) is 1.12. The number of carbonyl (C=O) groups excluding carboxylic acids is 1. The number of aromatic hydroxyl groups is 1. The molecular weight excluding hydrogens is 248 g/mol. The maximum atomic E-state index is 11.4. The molecule has 0 aliphatic heterocycles. The molecule has 14 heavy (non-hydrogen) atoms. The van der Waals surface area contributed by atoms with Crippen molar-refractivity contribution in [1.82, 2.24) is 0 Å². The normalized spacial score (nSPS) is 10.1. The molecule has 0 heterocycles. The topological polar surface area (TPSA) is 57.5 Å².